The first-order chi connectivity index (χ1) is 15.5. The van der Waals surface area contributed by atoms with Crippen molar-refractivity contribution in [3.8, 4) is 5.75 Å². The van der Waals surface area contributed by atoms with Crippen molar-refractivity contribution in [2.75, 3.05) is 0 Å². The van der Waals surface area contributed by atoms with Crippen LogP contribution in [0.4, 0.5) is 4.39 Å². The van der Waals surface area contributed by atoms with E-state index in [2.05, 4.69) is 13.0 Å². The molecule has 1 aliphatic rings. The Bertz CT molecular complexity index is 1180. The van der Waals surface area contributed by atoms with E-state index in [0.29, 0.717) is 17.7 Å². The second-order valence-corrected chi connectivity index (χ2v) is 7.87. The summed E-state index contributed by atoms with van der Waals surface area (Å²) in [6, 6.07) is 22.4. The second kappa shape index (κ2) is 9.65. The van der Waals surface area contributed by atoms with E-state index in [1.807, 2.05) is 54.6 Å². The molecule has 32 heavy (non-hydrogen) atoms. The molecule has 1 aliphatic carbocycles. The molecule has 3 nitrogen and oxygen atoms in total. The van der Waals surface area contributed by atoms with Crippen molar-refractivity contribution in [1.82, 2.24) is 0 Å². The summed E-state index contributed by atoms with van der Waals surface area (Å²) in [5, 5.41) is 9.43. The van der Waals surface area contributed by atoms with Crippen LogP contribution in [0.5, 0.6) is 5.75 Å². The van der Waals surface area contributed by atoms with Gasteiger partial charge in [0, 0.05) is 0 Å². The zero-order chi connectivity index (χ0) is 22.5. The van der Waals surface area contributed by atoms with E-state index in [-0.39, 0.29) is 12.2 Å². The Morgan fingerprint density at radius 1 is 0.969 bits per heavy atom. The first kappa shape index (κ1) is 21.6. The molecule has 1 N–H and O–H groups in total. The van der Waals surface area contributed by atoms with Crippen molar-refractivity contribution in [3.05, 3.63) is 106 Å². The molecular formula is C28H25FO3. The maximum absolute atomic E-state index is 14.0. The number of ether oxygens (including phenoxy) is 1. The van der Waals surface area contributed by atoms with Crippen molar-refractivity contribution in [1.29, 1.82) is 0 Å². The number of rotatable bonds is 8. The Labute approximate surface area is 187 Å². The average molecular weight is 429 g/mol. The lowest BCUT2D eigenvalue weighted by molar-refractivity contribution is -0.135. The van der Waals surface area contributed by atoms with Gasteiger partial charge in [-0.2, -0.15) is 0 Å². The highest BCUT2D eigenvalue weighted by Gasteiger charge is 2.27. The SMILES string of the molecule is CCCC1=C(CC(=O)O)c2cc(F)ccc2/C1=C\c1ccc(COc2ccccc2)cc1. The van der Waals surface area contributed by atoms with Gasteiger partial charge in [-0.3, -0.25) is 4.79 Å². The standard InChI is InChI=1S/C28H25FO3/c1-2-6-23-25(24-14-13-21(29)16-26(24)27(23)17-28(30)31)15-19-9-11-20(12-10-19)18-32-22-7-4-3-5-8-22/h3-5,7-16H,2,6,17-18H2,1H3,(H,30,31)/b25-15-. The fourth-order valence-electron chi connectivity index (χ4n) is 4.10. The molecule has 3 aromatic rings. The zero-order valence-corrected chi connectivity index (χ0v) is 18.0. The largest absolute Gasteiger partial charge is 0.489 e. The van der Waals surface area contributed by atoms with Crippen molar-refractivity contribution in [2.45, 2.75) is 32.8 Å². The van der Waals surface area contributed by atoms with E-state index >= 15 is 0 Å². The fourth-order valence-corrected chi connectivity index (χ4v) is 4.10. The predicted octanol–water partition coefficient (Wildman–Crippen LogP) is 6.99. The predicted molar refractivity (Wildman–Crippen MR) is 126 cm³/mol. The molecule has 0 saturated heterocycles. The van der Waals surface area contributed by atoms with Gasteiger partial charge in [-0.1, -0.05) is 61.9 Å². The number of halogens is 1. The van der Waals surface area contributed by atoms with Crippen molar-refractivity contribution < 1.29 is 19.0 Å². The van der Waals surface area contributed by atoms with Gasteiger partial charge in [-0.15, -0.1) is 0 Å². The van der Waals surface area contributed by atoms with E-state index in [4.69, 9.17) is 4.74 Å². The number of allylic oxidation sites excluding steroid dienone is 2. The molecule has 0 heterocycles. The van der Waals surface area contributed by atoms with Gasteiger partial charge in [0.2, 0.25) is 0 Å². The summed E-state index contributed by atoms with van der Waals surface area (Å²) in [5.74, 6) is -0.437. The highest BCUT2D eigenvalue weighted by molar-refractivity contribution is 6.07. The lowest BCUT2D eigenvalue weighted by atomic mass is 9.96. The molecule has 0 atom stereocenters. The third kappa shape index (κ3) is 4.80. The van der Waals surface area contributed by atoms with Gasteiger partial charge in [-0.05, 0) is 75.7 Å². The summed E-state index contributed by atoms with van der Waals surface area (Å²) in [6.07, 6.45) is 3.58. The quantitative estimate of drug-likeness (QED) is 0.421. The number of carboxylic acid groups (broad SMARTS) is 1. The number of carbonyl (C=O) groups is 1. The Hall–Kier alpha value is -3.66. The Kier molecular flexibility index (Phi) is 6.50. The number of para-hydroxylation sites is 1. The van der Waals surface area contributed by atoms with Crippen LogP contribution in [0.25, 0.3) is 17.2 Å². The summed E-state index contributed by atoms with van der Waals surface area (Å²) >= 11 is 0. The van der Waals surface area contributed by atoms with Gasteiger partial charge < -0.3 is 9.84 Å². The van der Waals surface area contributed by atoms with Crippen LogP contribution in [-0.2, 0) is 11.4 Å². The number of carboxylic acids is 1. The average Bonchev–Trinajstić information content (AvgIpc) is 3.05. The summed E-state index contributed by atoms with van der Waals surface area (Å²) < 4.78 is 19.8. The highest BCUT2D eigenvalue weighted by atomic mass is 19.1. The number of benzene rings is 3. The van der Waals surface area contributed by atoms with E-state index < -0.39 is 5.97 Å². The topological polar surface area (TPSA) is 46.5 Å². The van der Waals surface area contributed by atoms with E-state index in [1.165, 1.54) is 12.1 Å². The highest BCUT2D eigenvalue weighted by Crippen LogP contribution is 2.45. The number of aliphatic carboxylic acids is 1. The molecule has 0 bridgehead atoms. The van der Waals surface area contributed by atoms with Gasteiger partial charge in [0.25, 0.3) is 0 Å². The van der Waals surface area contributed by atoms with Crippen LogP contribution >= 0.6 is 0 Å². The van der Waals surface area contributed by atoms with Crippen LogP contribution in [0.3, 0.4) is 0 Å². The molecule has 3 aromatic carbocycles. The van der Waals surface area contributed by atoms with Gasteiger partial charge in [0.15, 0.2) is 0 Å². The van der Waals surface area contributed by atoms with Crippen molar-refractivity contribution >= 4 is 23.2 Å². The van der Waals surface area contributed by atoms with Gasteiger partial charge in [0.05, 0.1) is 6.42 Å². The Balaban J connectivity index is 1.64. The van der Waals surface area contributed by atoms with Crippen LogP contribution in [0, 0.1) is 5.82 Å². The normalized spacial score (nSPS) is 14.0. The molecule has 0 amide bonds. The van der Waals surface area contributed by atoms with Crippen molar-refractivity contribution in [3.63, 3.8) is 0 Å². The van der Waals surface area contributed by atoms with E-state index in [0.717, 1.165) is 46.4 Å². The van der Waals surface area contributed by atoms with Crippen LogP contribution in [0.15, 0.2) is 78.4 Å². The van der Waals surface area contributed by atoms with Gasteiger partial charge in [-0.25, -0.2) is 4.39 Å². The maximum atomic E-state index is 14.0. The van der Waals surface area contributed by atoms with Crippen molar-refractivity contribution in [2.24, 2.45) is 0 Å². The Morgan fingerprint density at radius 3 is 2.41 bits per heavy atom. The van der Waals surface area contributed by atoms with E-state index in [9.17, 15) is 14.3 Å². The monoisotopic (exact) mass is 428 g/mol. The molecule has 162 valence electrons. The van der Waals surface area contributed by atoms with Crippen LogP contribution < -0.4 is 4.74 Å². The molecule has 0 aliphatic heterocycles. The second-order valence-electron chi connectivity index (χ2n) is 7.87. The number of hydrogen-bond acceptors (Lipinski definition) is 2. The van der Waals surface area contributed by atoms with E-state index in [1.54, 1.807) is 6.07 Å². The van der Waals surface area contributed by atoms with Gasteiger partial charge >= 0.3 is 5.97 Å². The lowest BCUT2D eigenvalue weighted by Crippen LogP contribution is -1.98. The molecule has 0 radical (unpaired) electrons. The molecule has 0 aromatic heterocycles. The summed E-state index contributed by atoms with van der Waals surface area (Å²) in [7, 11) is 0. The summed E-state index contributed by atoms with van der Waals surface area (Å²) in [5.41, 5.74) is 6.33. The minimum Gasteiger partial charge on any atom is -0.489 e. The summed E-state index contributed by atoms with van der Waals surface area (Å²) in [4.78, 5) is 11.5. The maximum Gasteiger partial charge on any atom is 0.307 e. The minimum atomic E-state index is -0.909. The fraction of sp³-hybridized carbons (Fsp3) is 0.179. The molecule has 0 spiro atoms. The van der Waals surface area contributed by atoms with Crippen LogP contribution in [0.2, 0.25) is 0 Å². The molecular weight excluding hydrogens is 403 g/mol. The third-order valence-electron chi connectivity index (χ3n) is 5.55. The molecule has 4 rings (SSSR count). The van der Waals surface area contributed by atoms with Crippen LogP contribution in [-0.4, -0.2) is 11.1 Å². The Morgan fingerprint density at radius 2 is 1.72 bits per heavy atom. The number of fused-ring (bicyclic) bond motifs is 1. The summed E-state index contributed by atoms with van der Waals surface area (Å²) in [6.45, 7) is 2.54. The van der Waals surface area contributed by atoms with Gasteiger partial charge in [0.1, 0.15) is 18.2 Å². The number of hydrogen-bond donors (Lipinski definition) is 1. The van der Waals surface area contributed by atoms with Crippen LogP contribution in [0.1, 0.15) is 48.4 Å². The molecule has 0 saturated carbocycles. The molecule has 0 unspecified atom stereocenters. The zero-order valence-electron chi connectivity index (χ0n) is 18.0. The third-order valence-corrected chi connectivity index (χ3v) is 5.55. The smallest absolute Gasteiger partial charge is 0.307 e. The molecule has 0 fully saturated rings. The first-order valence-corrected chi connectivity index (χ1v) is 10.8. The molecule has 4 heteroatoms. The first-order valence-electron chi connectivity index (χ1n) is 10.8. The lowest BCUT2D eigenvalue weighted by Gasteiger charge is -2.09. The minimum absolute atomic E-state index is 0.112.